The monoisotopic (exact) mass is 383 g/mol. The molecule has 0 aliphatic carbocycles. The van der Waals surface area contributed by atoms with E-state index in [1.807, 2.05) is 42.5 Å². The number of anilines is 1. The lowest BCUT2D eigenvalue weighted by atomic mass is 9.99. The largest absolute Gasteiger partial charge is 0.307 e. The molecule has 0 atom stereocenters. The number of nitrogens with zero attached hydrogens (tertiary/aromatic N) is 1. The Labute approximate surface area is 130 Å². The van der Waals surface area contributed by atoms with Crippen molar-refractivity contribution in [3.8, 4) is 0 Å². The van der Waals surface area contributed by atoms with Gasteiger partial charge in [0.25, 0.3) is 5.91 Å². The van der Waals surface area contributed by atoms with Gasteiger partial charge in [0.2, 0.25) is 0 Å². The molecule has 0 N–H and O–H groups in total. The van der Waals surface area contributed by atoms with E-state index in [9.17, 15) is 4.79 Å². The Morgan fingerprint density at radius 3 is 2.74 bits per heavy atom. The van der Waals surface area contributed by atoms with Gasteiger partial charge in [-0.3, -0.25) is 4.79 Å². The summed E-state index contributed by atoms with van der Waals surface area (Å²) in [5.74, 6) is 0.0324. The molecule has 0 fully saturated rings. The van der Waals surface area contributed by atoms with Gasteiger partial charge >= 0.3 is 0 Å². The van der Waals surface area contributed by atoms with Gasteiger partial charge in [-0.15, -0.1) is 0 Å². The van der Waals surface area contributed by atoms with E-state index in [0.717, 1.165) is 26.8 Å². The Bertz CT molecular complexity index is 656. The summed E-state index contributed by atoms with van der Waals surface area (Å²) < 4.78 is 1.07. The van der Waals surface area contributed by atoms with E-state index < -0.39 is 0 Å². The van der Waals surface area contributed by atoms with Crippen molar-refractivity contribution >= 4 is 45.8 Å². The summed E-state index contributed by atoms with van der Waals surface area (Å²) in [6.45, 7) is 0.677. The average molecular weight is 384 g/mol. The molecule has 1 aliphatic rings. The van der Waals surface area contributed by atoms with E-state index in [1.165, 1.54) is 0 Å². The van der Waals surface area contributed by atoms with Gasteiger partial charge in [-0.25, -0.2) is 0 Å². The highest BCUT2D eigenvalue weighted by atomic mass is 127. The highest BCUT2D eigenvalue weighted by Crippen LogP contribution is 2.31. The third-order valence-corrected chi connectivity index (χ3v) is 4.27. The zero-order valence-electron chi connectivity index (χ0n) is 10.1. The Hall–Kier alpha value is -1.07. The van der Waals surface area contributed by atoms with Crippen LogP contribution in [-0.4, -0.2) is 12.5 Å². The van der Waals surface area contributed by atoms with Crippen LogP contribution in [0, 0.1) is 3.57 Å². The molecule has 1 aliphatic heterocycles. The Balaban J connectivity index is 2.02. The minimum Gasteiger partial charge on any atom is -0.307 e. The van der Waals surface area contributed by atoms with Gasteiger partial charge in [-0.1, -0.05) is 29.8 Å². The van der Waals surface area contributed by atoms with Crippen molar-refractivity contribution in [2.75, 3.05) is 11.4 Å². The van der Waals surface area contributed by atoms with Gasteiger partial charge in [0, 0.05) is 15.7 Å². The molecule has 2 aromatic carbocycles. The lowest BCUT2D eigenvalue weighted by Crippen LogP contribution is -2.37. The molecule has 0 unspecified atom stereocenters. The number of hydrogen-bond donors (Lipinski definition) is 0. The highest BCUT2D eigenvalue weighted by Gasteiger charge is 2.26. The molecule has 1 amide bonds. The van der Waals surface area contributed by atoms with Gasteiger partial charge in [0.15, 0.2) is 0 Å². The summed E-state index contributed by atoms with van der Waals surface area (Å²) in [5.41, 5.74) is 2.69. The van der Waals surface area contributed by atoms with E-state index in [2.05, 4.69) is 22.6 Å². The van der Waals surface area contributed by atoms with Crippen LogP contribution in [0.1, 0.15) is 15.9 Å². The zero-order valence-corrected chi connectivity index (χ0v) is 13.0. The normalized spacial score (nSPS) is 14.4. The average Bonchev–Trinajstić information content (AvgIpc) is 2.41. The first-order chi connectivity index (χ1) is 9.16. The van der Waals surface area contributed by atoms with Crippen LogP contribution in [0.25, 0.3) is 0 Å². The van der Waals surface area contributed by atoms with Crippen LogP contribution < -0.4 is 4.90 Å². The molecule has 0 spiro atoms. The summed E-state index contributed by atoms with van der Waals surface area (Å²) in [7, 11) is 0. The molecule has 4 heteroatoms. The lowest BCUT2D eigenvalue weighted by Gasteiger charge is -2.29. The first-order valence-corrected chi connectivity index (χ1v) is 7.47. The number of fused-ring (bicyclic) bond motifs is 1. The van der Waals surface area contributed by atoms with Crippen LogP contribution in [0.5, 0.6) is 0 Å². The molecule has 0 saturated carbocycles. The van der Waals surface area contributed by atoms with Gasteiger partial charge < -0.3 is 4.90 Å². The van der Waals surface area contributed by atoms with Crippen LogP contribution in [0.4, 0.5) is 5.69 Å². The van der Waals surface area contributed by atoms with Gasteiger partial charge in [0.1, 0.15) is 0 Å². The molecule has 2 nitrogen and oxygen atoms in total. The second-order valence-corrected chi connectivity index (χ2v) is 6.11. The molecular weight excluding hydrogens is 373 g/mol. The number of benzene rings is 2. The van der Waals surface area contributed by atoms with Gasteiger partial charge in [-0.2, -0.15) is 0 Å². The molecule has 19 heavy (non-hydrogen) atoms. The molecule has 2 aromatic rings. The van der Waals surface area contributed by atoms with Crippen molar-refractivity contribution in [3.05, 3.63) is 62.2 Å². The predicted molar refractivity (Wildman–Crippen MR) is 86.0 cm³/mol. The molecule has 1 heterocycles. The Kier molecular flexibility index (Phi) is 3.50. The molecule has 0 saturated heterocycles. The van der Waals surface area contributed by atoms with Crippen LogP contribution in [0.2, 0.25) is 5.02 Å². The summed E-state index contributed by atoms with van der Waals surface area (Å²) in [5, 5.41) is 0.625. The second kappa shape index (κ2) is 5.13. The van der Waals surface area contributed by atoms with E-state index >= 15 is 0 Å². The van der Waals surface area contributed by atoms with E-state index in [0.29, 0.717) is 11.6 Å². The fourth-order valence-corrected chi connectivity index (χ4v) is 3.31. The summed E-state index contributed by atoms with van der Waals surface area (Å²) in [6, 6.07) is 13.5. The topological polar surface area (TPSA) is 20.3 Å². The first kappa shape index (κ1) is 12.9. The van der Waals surface area contributed by atoms with Crippen LogP contribution in [-0.2, 0) is 6.42 Å². The maximum atomic E-state index is 12.5. The third kappa shape index (κ3) is 2.37. The molecular formula is C15H11ClINO. The second-order valence-electron chi connectivity index (χ2n) is 4.46. The summed E-state index contributed by atoms with van der Waals surface area (Å²) in [6.07, 6.45) is 0.865. The van der Waals surface area contributed by atoms with E-state index in [-0.39, 0.29) is 5.91 Å². The minimum absolute atomic E-state index is 0.0324. The highest BCUT2D eigenvalue weighted by molar-refractivity contribution is 14.1. The van der Waals surface area contributed by atoms with Crippen molar-refractivity contribution in [2.24, 2.45) is 0 Å². The summed E-state index contributed by atoms with van der Waals surface area (Å²) >= 11 is 8.47. The maximum Gasteiger partial charge on any atom is 0.258 e. The molecule has 0 aromatic heterocycles. The fourth-order valence-electron chi connectivity index (χ4n) is 2.36. The number of carbonyl (C=O) groups excluding carboxylic acids is 1. The Morgan fingerprint density at radius 2 is 1.95 bits per heavy atom. The lowest BCUT2D eigenvalue weighted by molar-refractivity contribution is 0.0980. The van der Waals surface area contributed by atoms with Crippen molar-refractivity contribution in [1.29, 1.82) is 0 Å². The number of carbonyl (C=O) groups is 1. The maximum absolute atomic E-state index is 12.5. The van der Waals surface area contributed by atoms with Gasteiger partial charge in [0.05, 0.1) is 10.7 Å². The van der Waals surface area contributed by atoms with Crippen LogP contribution in [0.15, 0.2) is 42.5 Å². The standard InChI is InChI=1S/C15H11ClINO/c16-13-9-11(17)5-6-14(13)18-8-7-10-3-1-2-4-12(10)15(18)19/h1-6,9H,7-8H2. The number of halogens is 2. The minimum atomic E-state index is 0.0324. The molecule has 0 radical (unpaired) electrons. The van der Waals surface area contributed by atoms with Crippen molar-refractivity contribution < 1.29 is 4.79 Å². The third-order valence-electron chi connectivity index (χ3n) is 3.30. The SMILES string of the molecule is O=C1c2ccccc2CCN1c1ccc(I)cc1Cl. The number of hydrogen-bond acceptors (Lipinski definition) is 1. The first-order valence-electron chi connectivity index (χ1n) is 6.01. The predicted octanol–water partition coefficient (Wildman–Crippen LogP) is 4.15. The Morgan fingerprint density at radius 1 is 1.16 bits per heavy atom. The van der Waals surface area contributed by atoms with Crippen molar-refractivity contribution in [3.63, 3.8) is 0 Å². The summed E-state index contributed by atoms with van der Waals surface area (Å²) in [4.78, 5) is 14.3. The van der Waals surface area contributed by atoms with E-state index in [1.54, 1.807) is 4.90 Å². The van der Waals surface area contributed by atoms with Crippen molar-refractivity contribution in [2.45, 2.75) is 6.42 Å². The number of rotatable bonds is 1. The fraction of sp³-hybridized carbons (Fsp3) is 0.133. The van der Waals surface area contributed by atoms with Crippen LogP contribution >= 0.6 is 34.2 Å². The quantitative estimate of drug-likeness (QED) is 0.678. The smallest absolute Gasteiger partial charge is 0.258 e. The molecule has 3 rings (SSSR count). The van der Waals surface area contributed by atoms with E-state index in [4.69, 9.17) is 11.6 Å². The van der Waals surface area contributed by atoms with Gasteiger partial charge in [-0.05, 0) is 58.8 Å². The molecule has 0 bridgehead atoms. The zero-order chi connectivity index (χ0) is 13.4. The van der Waals surface area contributed by atoms with Crippen LogP contribution in [0.3, 0.4) is 0 Å². The molecule has 96 valence electrons. The number of amides is 1. The van der Waals surface area contributed by atoms with Crippen molar-refractivity contribution in [1.82, 2.24) is 0 Å².